The molecule has 0 aromatic heterocycles. The molecule has 0 unspecified atom stereocenters. The summed E-state index contributed by atoms with van der Waals surface area (Å²) in [6.07, 6.45) is 2.62. The van der Waals surface area contributed by atoms with Crippen LogP contribution in [0.25, 0.3) is 0 Å². The van der Waals surface area contributed by atoms with Gasteiger partial charge in [-0.15, -0.1) is 0 Å². The molecule has 0 spiro atoms. The number of anilines is 2. The molecular weight excluding hydrogens is 388 g/mol. The Bertz CT molecular complexity index is 964. The Kier molecular flexibility index (Phi) is 7.30. The van der Waals surface area contributed by atoms with Gasteiger partial charge in [-0.3, -0.25) is 9.10 Å². The highest BCUT2D eigenvalue weighted by molar-refractivity contribution is 7.92. The van der Waals surface area contributed by atoms with Crippen LogP contribution in [0.3, 0.4) is 0 Å². The minimum absolute atomic E-state index is 0.345. The quantitative estimate of drug-likeness (QED) is 0.705. The van der Waals surface area contributed by atoms with Gasteiger partial charge in [-0.05, 0) is 55.5 Å². The number of benzene rings is 2. The number of para-hydroxylation sites is 1. The average molecular weight is 419 g/mol. The van der Waals surface area contributed by atoms with E-state index in [1.165, 1.54) is 7.11 Å². The highest BCUT2D eigenvalue weighted by atomic mass is 32.2. The lowest BCUT2D eigenvalue weighted by Crippen LogP contribution is -2.45. The second kappa shape index (κ2) is 9.31. The molecule has 1 amide bonds. The third kappa shape index (κ3) is 5.09. The minimum Gasteiger partial charge on any atom is -0.495 e. The van der Waals surface area contributed by atoms with E-state index in [2.05, 4.69) is 5.32 Å². The summed E-state index contributed by atoms with van der Waals surface area (Å²) < 4.78 is 31.8. The van der Waals surface area contributed by atoms with Crippen LogP contribution in [0.4, 0.5) is 11.4 Å². The lowest BCUT2D eigenvalue weighted by Gasteiger charge is -2.30. The van der Waals surface area contributed by atoms with E-state index in [0.29, 0.717) is 11.4 Å². The number of ether oxygens (including phenoxy) is 1. The van der Waals surface area contributed by atoms with Gasteiger partial charge in [0, 0.05) is 5.69 Å². The summed E-state index contributed by atoms with van der Waals surface area (Å²) in [4.78, 5) is 13.1. The van der Waals surface area contributed by atoms with Gasteiger partial charge in [0.15, 0.2) is 0 Å². The van der Waals surface area contributed by atoms with Crippen molar-refractivity contribution < 1.29 is 17.9 Å². The Morgan fingerprint density at radius 3 is 2.21 bits per heavy atom. The van der Waals surface area contributed by atoms with Gasteiger partial charge in [0.05, 0.1) is 19.1 Å². The summed E-state index contributed by atoms with van der Waals surface area (Å²) in [7, 11) is -2.27. The number of nitrogens with one attached hydrogen (secondary N) is 1. The number of rotatable bonds is 8. The maximum atomic E-state index is 13.1. The molecule has 0 bridgehead atoms. The van der Waals surface area contributed by atoms with Crippen LogP contribution in [0.1, 0.15) is 37.5 Å². The maximum Gasteiger partial charge on any atom is 0.248 e. The average Bonchev–Trinajstić information content (AvgIpc) is 2.67. The van der Waals surface area contributed by atoms with Gasteiger partial charge in [0.1, 0.15) is 11.8 Å². The van der Waals surface area contributed by atoms with Crippen molar-refractivity contribution in [2.24, 2.45) is 0 Å². The molecule has 6 nitrogen and oxygen atoms in total. The molecule has 1 N–H and O–H groups in total. The smallest absolute Gasteiger partial charge is 0.248 e. The van der Waals surface area contributed by atoms with Gasteiger partial charge >= 0.3 is 0 Å². The second-order valence-electron chi connectivity index (χ2n) is 7.06. The van der Waals surface area contributed by atoms with Crippen LogP contribution in [-0.2, 0) is 27.7 Å². The molecule has 2 rings (SSSR count). The summed E-state index contributed by atoms with van der Waals surface area (Å²) in [5, 5.41) is 2.97. The zero-order valence-electron chi connectivity index (χ0n) is 17.9. The van der Waals surface area contributed by atoms with Crippen LogP contribution < -0.4 is 14.4 Å². The van der Waals surface area contributed by atoms with E-state index >= 15 is 0 Å². The van der Waals surface area contributed by atoms with Gasteiger partial charge in [0.25, 0.3) is 0 Å². The number of methoxy groups -OCH3 is 1. The molecule has 0 saturated carbocycles. The molecule has 0 saturated heterocycles. The number of hydrogen-bond acceptors (Lipinski definition) is 4. The van der Waals surface area contributed by atoms with Gasteiger partial charge in [-0.2, -0.15) is 0 Å². The fourth-order valence-electron chi connectivity index (χ4n) is 3.38. The predicted molar refractivity (Wildman–Crippen MR) is 118 cm³/mol. The van der Waals surface area contributed by atoms with Crippen LogP contribution in [0.5, 0.6) is 5.75 Å². The van der Waals surface area contributed by atoms with Gasteiger partial charge in [-0.25, -0.2) is 8.42 Å². The lowest BCUT2D eigenvalue weighted by molar-refractivity contribution is -0.116. The first kappa shape index (κ1) is 22.7. The Balaban J connectivity index is 2.48. The first-order valence-electron chi connectivity index (χ1n) is 9.69. The van der Waals surface area contributed by atoms with E-state index in [1.54, 1.807) is 19.1 Å². The minimum atomic E-state index is -3.74. The Hall–Kier alpha value is -2.54. The molecule has 2 aromatic carbocycles. The Morgan fingerprint density at radius 1 is 1.14 bits per heavy atom. The van der Waals surface area contributed by atoms with Crippen molar-refractivity contribution in [2.45, 2.75) is 46.6 Å². The van der Waals surface area contributed by atoms with E-state index in [0.717, 1.165) is 45.8 Å². The van der Waals surface area contributed by atoms with Crippen LogP contribution in [-0.4, -0.2) is 33.7 Å². The van der Waals surface area contributed by atoms with Crippen molar-refractivity contribution in [3.63, 3.8) is 0 Å². The van der Waals surface area contributed by atoms with Gasteiger partial charge in [-0.1, -0.05) is 38.1 Å². The van der Waals surface area contributed by atoms with E-state index in [1.807, 2.05) is 45.0 Å². The first-order chi connectivity index (χ1) is 13.6. The van der Waals surface area contributed by atoms with Crippen molar-refractivity contribution in [1.82, 2.24) is 0 Å². The molecule has 0 fully saturated rings. The number of amides is 1. The summed E-state index contributed by atoms with van der Waals surface area (Å²) in [6, 6.07) is 10.2. The third-order valence-electron chi connectivity index (χ3n) is 4.91. The van der Waals surface area contributed by atoms with E-state index in [-0.39, 0.29) is 0 Å². The molecule has 0 heterocycles. The van der Waals surface area contributed by atoms with E-state index < -0.39 is 22.0 Å². The number of nitrogens with zero attached hydrogens (tertiary/aromatic N) is 1. The zero-order chi connectivity index (χ0) is 21.8. The summed E-state index contributed by atoms with van der Waals surface area (Å²) in [6.45, 7) is 7.49. The highest BCUT2D eigenvalue weighted by Gasteiger charge is 2.32. The Morgan fingerprint density at radius 2 is 1.72 bits per heavy atom. The van der Waals surface area contributed by atoms with Crippen molar-refractivity contribution in [3.8, 4) is 5.75 Å². The molecular formula is C22H30N2O4S. The van der Waals surface area contributed by atoms with Crippen molar-refractivity contribution >= 4 is 27.3 Å². The van der Waals surface area contributed by atoms with Crippen LogP contribution in [0.15, 0.2) is 36.4 Å². The van der Waals surface area contributed by atoms with E-state index in [9.17, 15) is 13.2 Å². The molecule has 0 aliphatic rings. The second-order valence-corrected chi connectivity index (χ2v) is 8.92. The molecule has 0 aliphatic heterocycles. The maximum absolute atomic E-state index is 13.1. The lowest BCUT2D eigenvalue weighted by atomic mass is 10.0. The van der Waals surface area contributed by atoms with Crippen molar-refractivity contribution in [2.75, 3.05) is 23.0 Å². The topological polar surface area (TPSA) is 75.7 Å². The fraction of sp³-hybridized carbons (Fsp3) is 0.409. The summed E-state index contributed by atoms with van der Waals surface area (Å²) in [5.41, 5.74) is 4.01. The third-order valence-corrected chi connectivity index (χ3v) is 6.13. The molecule has 29 heavy (non-hydrogen) atoms. The molecule has 1 atom stereocenters. The molecule has 2 aromatic rings. The normalized spacial score (nSPS) is 12.3. The Labute approximate surface area is 173 Å². The molecule has 158 valence electrons. The fourth-order valence-corrected chi connectivity index (χ4v) is 4.55. The van der Waals surface area contributed by atoms with Gasteiger partial charge in [0.2, 0.25) is 15.9 Å². The highest BCUT2D eigenvalue weighted by Crippen LogP contribution is 2.33. The van der Waals surface area contributed by atoms with Crippen LogP contribution in [0.2, 0.25) is 0 Å². The first-order valence-corrected chi connectivity index (χ1v) is 11.5. The standard InChI is InChI=1S/C22H30N2O4S/c1-7-17-10-9-11-18(8-2)21(17)23-22(25)16(4)24(29(6,26)27)19-14-15(3)12-13-20(19)28-5/h9-14,16H,7-8H2,1-6H3,(H,23,25)/t16-/m1/s1. The van der Waals surface area contributed by atoms with Crippen molar-refractivity contribution in [1.29, 1.82) is 0 Å². The van der Waals surface area contributed by atoms with Crippen LogP contribution in [0, 0.1) is 6.92 Å². The summed E-state index contributed by atoms with van der Waals surface area (Å²) >= 11 is 0. The number of carbonyl (C=O) groups is 1. The number of sulfonamides is 1. The molecule has 7 heteroatoms. The monoisotopic (exact) mass is 418 g/mol. The number of hydrogen-bond donors (Lipinski definition) is 1. The SMILES string of the molecule is CCc1cccc(CC)c1NC(=O)[C@@H](C)N(c1cc(C)ccc1OC)S(C)(=O)=O. The van der Waals surface area contributed by atoms with Crippen molar-refractivity contribution in [3.05, 3.63) is 53.1 Å². The van der Waals surface area contributed by atoms with Crippen LogP contribution >= 0.6 is 0 Å². The number of aryl methyl sites for hydroxylation is 3. The molecule has 0 aliphatic carbocycles. The zero-order valence-corrected chi connectivity index (χ0v) is 18.8. The summed E-state index contributed by atoms with van der Waals surface area (Å²) in [5.74, 6) is -0.00142. The largest absolute Gasteiger partial charge is 0.495 e. The van der Waals surface area contributed by atoms with E-state index in [4.69, 9.17) is 4.74 Å². The van der Waals surface area contributed by atoms with Gasteiger partial charge < -0.3 is 10.1 Å². The predicted octanol–water partition coefficient (Wildman–Crippen LogP) is 3.92. The number of carbonyl (C=O) groups excluding carboxylic acids is 1. The molecule has 0 radical (unpaired) electrons.